The van der Waals surface area contributed by atoms with E-state index in [-0.39, 0.29) is 17.2 Å². The molecule has 0 spiro atoms. The van der Waals surface area contributed by atoms with Crippen molar-refractivity contribution >= 4 is 17.3 Å². The van der Waals surface area contributed by atoms with Gasteiger partial charge < -0.3 is 10.5 Å². The zero-order valence-corrected chi connectivity index (χ0v) is 11.1. The number of esters is 1. The molecule has 0 aliphatic rings. The van der Waals surface area contributed by atoms with Gasteiger partial charge in [-0.05, 0) is 18.2 Å². The van der Waals surface area contributed by atoms with Crippen LogP contribution in [0.3, 0.4) is 0 Å². The molecule has 0 aromatic carbocycles. The van der Waals surface area contributed by atoms with Crippen LogP contribution in [-0.4, -0.2) is 27.4 Å². The number of nitrogen functional groups attached to an aromatic ring is 1. The Morgan fingerprint density at radius 1 is 1.38 bits per heavy atom. The number of anilines is 1. The molecule has 21 heavy (non-hydrogen) atoms. The van der Waals surface area contributed by atoms with Gasteiger partial charge in [0.1, 0.15) is 11.5 Å². The minimum atomic E-state index is -0.616. The third kappa shape index (κ3) is 2.18. The summed E-state index contributed by atoms with van der Waals surface area (Å²) in [6, 6.07) is 5.85. The van der Waals surface area contributed by atoms with Gasteiger partial charge in [-0.15, -0.1) is 0 Å². The van der Waals surface area contributed by atoms with Gasteiger partial charge in [0.2, 0.25) is 0 Å². The van der Waals surface area contributed by atoms with Crippen molar-refractivity contribution in [2.45, 2.75) is 0 Å². The molecule has 0 aliphatic carbocycles. The zero-order valence-electron chi connectivity index (χ0n) is 11.1. The van der Waals surface area contributed by atoms with Crippen LogP contribution in [0.15, 0.2) is 36.7 Å². The van der Waals surface area contributed by atoms with Crippen LogP contribution in [0.25, 0.3) is 17.0 Å². The first-order valence-corrected chi connectivity index (χ1v) is 6.08. The van der Waals surface area contributed by atoms with E-state index < -0.39 is 5.97 Å². The summed E-state index contributed by atoms with van der Waals surface area (Å²) < 4.78 is 19.5. The number of rotatable bonds is 2. The Morgan fingerprint density at radius 2 is 2.19 bits per heavy atom. The van der Waals surface area contributed by atoms with E-state index in [1.807, 2.05) is 0 Å². The van der Waals surface area contributed by atoms with Gasteiger partial charge in [0.05, 0.1) is 30.4 Å². The van der Waals surface area contributed by atoms with Crippen molar-refractivity contribution in [3.8, 4) is 11.4 Å². The number of hydrogen-bond acceptors (Lipinski definition) is 5. The second-order valence-corrected chi connectivity index (χ2v) is 4.34. The van der Waals surface area contributed by atoms with E-state index in [2.05, 4.69) is 14.7 Å². The Morgan fingerprint density at radius 3 is 2.95 bits per heavy atom. The smallest absolute Gasteiger partial charge is 0.358 e. The SMILES string of the molecule is COC(=O)c1nc(-c2cnc3cc(F)ccn23)ccc1N. The summed E-state index contributed by atoms with van der Waals surface area (Å²) in [5.41, 5.74) is 7.54. The minimum absolute atomic E-state index is 0.0343. The molecule has 6 nitrogen and oxygen atoms in total. The molecule has 3 aromatic rings. The third-order valence-electron chi connectivity index (χ3n) is 3.04. The van der Waals surface area contributed by atoms with Crippen LogP contribution in [-0.2, 0) is 4.74 Å². The molecule has 3 aromatic heterocycles. The first-order chi connectivity index (χ1) is 10.1. The van der Waals surface area contributed by atoms with Crippen molar-refractivity contribution < 1.29 is 13.9 Å². The molecule has 0 amide bonds. The van der Waals surface area contributed by atoms with Crippen LogP contribution in [0, 0.1) is 5.82 Å². The van der Waals surface area contributed by atoms with Gasteiger partial charge in [0.15, 0.2) is 5.69 Å². The van der Waals surface area contributed by atoms with Crippen LogP contribution in [0.4, 0.5) is 10.1 Å². The van der Waals surface area contributed by atoms with E-state index in [1.54, 1.807) is 28.9 Å². The monoisotopic (exact) mass is 286 g/mol. The van der Waals surface area contributed by atoms with Crippen molar-refractivity contribution in [1.29, 1.82) is 0 Å². The highest BCUT2D eigenvalue weighted by Crippen LogP contribution is 2.22. The third-order valence-corrected chi connectivity index (χ3v) is 3.04. The lowest BCUT2D eigenvalue weighted by Gasteiger charge is -2.06. The predicted octanol–water partition coefficient (Wildman–Crippen LogP) is 1.90. The highest BCUT2D eigenvalue weighted by Gasteiger charge is 2.15. The molecule has 0 saturated heterocycles. The molecule has 3 heterocycles. The molecule has 0 bridgehead atoms. The molecule has 0 saturated carbocycles. The molecule has 3 rings (SSSR count). The van der Waals surface area contributed by atoms with Gasteiger partial charge in [-0.1, -0.05) is 0 Å². The van der Waals surface area contributed by atoms with E-state index in [1.165, 1.54) is 19.2 Å². The number of pyridine rings is 2. The van der Waals surface area contributed by atoms with E-state index >= 15 is 0 Å². The van der Waals surface area contributed by atoms with E-state index in [4.69, 9.17) is 5.73 Å². The van der Waals surface area contributed by atoms with Gasteiger partial charge in [-0.25, -0.2) is 19.2 Å². The van der Waals surface area contributed by atoms with Crippen molar-refractivity contribution in [3.63, 3.8) is 0 Å². The second kappa shape index (κ2) is 4.86. The Hall–Kier alpha value is -2.96. The van der Waals surface area contributed by atoms with E-state index in [0.717, 1.165) is 0 Å². The van der Waals surface area contributed by atoms with Gasteiger partial charge in [-0.3, -0.25) is 4.40 Å². The number of imidazole rings is 1. The number of carbonyl (C=O) groups is 1. The second-order valence-electron chi connectivity index (χ2n) is 4.34. The average molecular weight is 286 g/mol. The first kappa shape index (κ1) is 13.0. The summed E-state index contributed by atoms with van der Waals surface area (Å²) in [4.78, 5) is 19.9. The zero-order chi connectivity index (χ0) is 15.0. The first-order valence-electron chi connectivity index (χ1n) is 6.08. The maximum atomic E-state index is 13.2. The lowest BCUT2D eigenvalue weighted by molar-refractivity contribution is 0.0595. The molecule has 0 radical (unpaired) electrons. The molecule has 0 unspecified atom stereocenters. The fourth-order valence-electron chi connectivity index (χ4n) is 2.02. The highest BCUT2D eigenvalue weighted by atomic mass is 19.1. The van der Waals surface area contributed by atoms with Crippen molar-refractivity contribution in [2.75, 3.05) is 12.8 Å². The standard InChI is InChI=1S/C14H11FN4O2/c1-21-14(20)13-9(16)2-3-10(18-13)11-7-17-12-6-8(15)4-5-19(11)12/h2-7H,16H2,1H3. The molecule has 0 fully saturated rings. The van der Waals surface area contributed by atoms with Crippen LogP contribution in [0.5, 0.6) is 0 Å². The van der Waals surface area contributed by atoms with Crippen LogP contribution in [0.1, 0.15) is 10.5 Å². The normalized spacial score (nSPS) is 10.8. The number of ether oxygens (including phenoxy) is 1. The van der Waals surface area contributed by atoms with Crippen molar-refractivity contribution in [3.05, 3.63) is 48.2 Å². The Balaban J connectivity index is 2.17. The Labute approximate surface area is 119 Å². The minimum Gasteiger partial charge on any atom is -0.464 e. The molecule has 2 N–H and O–H groups in total. The molecule has 0 aliphatic heterocycles. The van der Waals surface area contributed by atoms with Crippen LogP contribution >= 0.6 is 0 Å². The lowest BCUT2D eigenvalue weighted by Crippen LogP contribution is -2.09. The summed E-state index contributed by atoms with van der Waals surface area (Å²) in [7, 11) is 1.26. The summed E-state index contributed by atoms with van der Waals surface area (Å²) in [5, 5.41) is 0. The molecular weight excluding hydrogens is 275 g/mol. The van der Waals surface area contributed by atoms with Gasteiger partial charge in [-0.2, -0.15) is 0 Å². The number of aromatic nitrogens is 3. The maximum Gasteiger partial charge on any atom is 0.358 e. The highest BCUT2D eigenvalue weighted by molar-refractivity contribution is 5.93. The number of nitrogens with zero attached hydrogens (tertiary/aromatic N) is 3. The van der Waals surface area contributed by atoms with E-state index in [0.29, 0.717) is 17.0 Å². The van der Waals surface area contributed by atoms with Crippen molar-refractivity contribution in [2.24, 2.45) is 0 Å². The number of fused-ring (bicyclic) bond motifs is 1. The molecule has 7 heteroatoms. The number of carbonyl (C=O) groups excluding carboxylic acids is 1. The van der Waals surface area contributed by atoms with Gasteiger partial charge >= 0.3 is 5.97 Å². The van der Waals surface area contributed by atoms with Gasteiger partial charge in [0.25, 0.3) is 0 Å². The predicted molar refractivity (Wildman–Crippen MR) is 74.1 cm³/mol. The lowest BCUT2D eigenvalue weighted by atomic mass is 10.2. The van der Waals surface area contributed by atoms with Crippen LogP contribution in [0.2, 0.25) is 0 Å². The van der Waals surface area contributed by atoms with Crippen molar-refractivity contribution in [1.82, 2.24) is 14.4 Å². The largest absolute Gasteiger partial charge is 0.464 e. The van der Waals surface area contributed by atoms with Crippen LogP contribution < -0.4 is 5.73 Å². The number of nitrogens with two attached hydrogens (primary N) is 1. The summed E-state index contributed by atoms with van der Waals surface area (Å²) >= 11 is 0. The quantitative estimate of drug-likeness (QED) is 0.727. The average Bonchev–Trinajstić information content (AvgIpc) is 2.90. The maximum absolute atomic E-state index is 13.2. The Bertz CT molecular complexity index is 844. The number of halogens is 1. The summed E-state index contributed by atoms with van der Waals surface area (Å²) in [6.45, 7) is 0. The van der Waals surface area contributed by atoms with E-state index in [9.17, 15) is 9.18 Å². The summed E-state index contributed by atoms with van der Waals surface area (Å²) in [6.07, 6.45) is 3.09. The molecule has 0 atom stereocenters. The topological polar surface area (TPSA) is 82.5 Å². The fourth-order valence-corrected chi connectivity index (χ4v) is 2.02. The molecular formula is C14H11FN4O2. The Kier molecular flexibility index (Phi) is 3.02. The number of methoxy groups -OCH3 is 1. The fraction of sp³-hybridized carbons (Fsp3) is 0.0714. The summed E-state index contributed by atoms with van der Waals surface area (Å²) in [5.74, 6) is -0.991. The molecule has 106 valence electrons. The van der Waals surface area contributed by atoms with Gasteiger partial charge in [0, 0.05) is 12.3 Å². The number of hydrogen-bond donors (Lipinski definition) is 1.